The molecule has 6 heteroatoms. The van der Waals surface area contributed by atoms with E-state index in [1.807, 2.05) is 0 Å². The van der Waals surface area contributed by atoms with Crippen LogP contribution in [-0.2, 0) is 35.9 Å². The van der Waals surface area contributed by atoms with E-state index in [1.54, 1.807) is 0 Å². The number of hydrogen-bond donors (Lipinski definition) is 2. The molecule has 0 aliphatic rings. The van der Waals surface area contributed by atoms with Gasteiger partial charge in [0.25, 0.3) is 0 Å². The third-order valence-electron chi connectivity index (χ3n) is 7.05. The molecule has 0 spiro atoms. The van der Waals surface area contributed by atoms with Gasteiger partial charge in [0.15, 0.2) is 0 Å². The zero-order chi connectivity index (χ0) is 26.7. The Kier molecular flexibility index (Phi) is 42.4. The van der Waals surface area contributed by atoms with E-state index in [0.29, 0.717) is 13.2 Å². The van der Waals surface area contributed by atoms with Gasteiger partial charge in [-0.15, -0.1) is 0 Å². The van der Waals surface area contributed by atoms with Crippen molar-refractivity contribution >= 4 is 0 Å². The van der Waals surface area contributed by atoms with Crippen molar-refractivity contribution in [2.24, 2.45) is 0 Å². The van der Waals surface area contributed by atoms with Crippen molar-refractivity contribution < 1.29 is 46.1 Å². The molecule has 0 aromatic heterocycles. The first-order valence-corrected chi connectivity index (χ1v) is 16.4. The van der Waals surface area contributed by atoms with E-state index >= 15 is 0 Å². The summed E-state index contributed by atoms with van der Waals surface area (Å²) in [5.41, 5.74) is 0. The molecule has 0 aromatic rings. The van der Waals surface area contributed by atoms with Crippen LogP contribution in [-0.4, -0.2) is 63.1 Å². The Hall–Kier alpha value is 0.514. The molecular weight excluding hydrogens is 512 g/mol. The molecule has 0 bridgehead atoms. The summed E-state index contributed by atoms with van der Waals surface area (Å²) in [6.07, 6.45) is 29.5. The van der Waals surface area contributed by atoms with Crippen molar-refractivity contribution in [3.8, 4) is 0 Å². The van der Waals surface area contributed by atoms with E-state index in [0.717, 1.165) is 65.3 Å². The van der Waals surface area contributed by atoms with Gasteiger partial charge in [0, 0.05) is 74.6 Å². The summed E-state index contributed by atoms with van der Waals surface area (Å²) >= 11 is 0. The Morgan fingerprint density at radius 3 is 0.579 bits per heavy atom. The van der Waals surface area contributed by atoms with Gasteiger partial charge in [-0.2, -0.15) is 0 Å². The Bertz CT molecular complexity index is 353. The number of aliphatic hydroxyl groups is 2. The summed E-state index contributed by atoms with van der Waals surface area (Å²) in [5, 5.41) is 17.5. The molecule has 0 atom stereocenters. The Labute approximate surface area is 252 Å². The molecule has 0 radical (unpaired) electrons. The Balaban J connectivity index is 0. The Morgan fingerprint density at radius 2 is 0.395 bits per heavy atom. The second-order valence-electron chi connectivity index (χ2n) is 10.8. The van der Waals surface area contributed by atoms with Gasteiger partial charge in [0.1, 0.15) is 0 Å². The van der Waals surface area contributed by atoms with Crippen LogP contribution < -0.4 is 0 Å². The SMILES string of the molecule is OCCCCCCCCOCCCCCCCCOCCCCCCCCOCCCCCCCCO.[Ti]. The van der Waals surface area contributed by atoms with Crippen molar-refractivity contribution in [3.05, 3.63) is 0 Å². The van der Waals surface area contributed by atoms with E-state index < -0.39 is 0 Å². The third-order valence-corrected chi connectivity index (χ3v) is 7.05. The average molecular weight is 579 g/mol. The van der Waals surface area contributed by atoms with E-state index in [-0.39, 0.29) is 21.7 Å². The van der Waals surface area contributed by atoms with Gasteiger partial charge < -0.3 is 24.4 Å². The quantitative estimate of drug-likeness (QED) is 0.0593. The molecule has 0 aliphatic carbocycles. The summed E-state index contributed by atoms with van der Waals surface area (Å²) in [6, 6.07) is 0. The number of hydrogen-bond acceptors (Lipinski definition) is 5. The van der Waals surface area contributed by atoms with Crippen LogP contribution in [0.1, 0.15) is 154 Å². The van der Waals surface area contributed by atoms with E-state index in [2.05, 4.69) is 0 Å². The van der Waals surface area contributed by atoms with Crippen LogP contribution in [0.25, 0.3) is 0 Å². The predicted molar refractivity (Wildman–Crippen MR) is 157 cm³/mol. The monoisotopic (exact) mass is 578 g/mol. The van der Waals surface area contributed by atoms with Crippen LogP contribution >= 0.6 is 0 Å². The van der Waals surface area contributed by atoms with Gasteiger partial charge in [-0.1, -0.05) is 103 Å². The number of rotatable bonds is 34. The van der Waals surface area contributed by atoms with Crippen molar-refractivity contribution in [2.75, 3.05) is 52.9 Å². The standard InChI is InChI=1S/C32H66O5.Ti/c33-25-17-9-1-3-11-19-27-35-29-21-13-5-7-15-23-31-37-32-24-16-8-6-14-22-30-36-28-20-12-4-2-10-18-26-34;/h33-34H,1-32H2;. The smallest absolute Gasteiger partial charge is 0.0466 e. The maximum absolute atomic E-state index is 8.75. The van der Waals surface area contributed by atoms with Gasteiger partial charge in [-0.05, 0) is 51.4 Å². The van der Waals surface area contributed by atoms with Crippen LogP contribution in [0.3, 0.4) is 0 Å². The third kappa shape index (κ3) is 38.7. The van der Waals surface area contributed by atoms with Crippen molar-refractivity contribution in [2.45, 2.75) is 154 Å². The summed E-state index contributed by atoms with van der Waals surface area (Å²) < 4.78 is 17.3. The molecule has 0 fully saturated rings. The minimum atomic E-state index is 0. The average Bonchev–Trinajstić information content (AvgIpc) is 2.91. The van der Waals surface area contributed by atoms with Crippen LogP contribution in [0.15, 0.2) is 0 Å². The molecule has 0 heterocycles. The maximum Gasteiger partial charge on any atom is 0.0466 e. The first-order chi connectivity index (χ1) is 18.4. The minimum absolute atomic E-state index is 0. The zero-order valence-corrected chi connectivity index (χ0v) is 26.8. The molecule has 5 nitrogen and oxygen atoms in total. The van der Waals surface area contributed by atoms with Gasteiger partial charge in [-0.25, -0.2) is 0 Å². The van der Waals surface area contributed by atoms with Gasteiger partial charge in [0.05, 0.1) is 0 Å². The maximum atomic E-state index is 8.75. The molecule has 38 heavy (non-hydrogen) atoms. The second kappa shape index (κ2) is 39.7. The van der Waals surface area contributed by atoms with Crippen LogP contribution in [0, 0.1) is 0 Å². The fraction of sp³-hybridized carbons (Fsp3) is 1.00. The Morgan fingerprint density at radius 1 is 0.237 bits per heavy atom. The van der Waals surface area contributed by atoms with Crippen LogP contribution in [0.4, 0.5) is 0 Å². The summed E-state index contributed by atoms with van der Waals surface area (Å²) in [4.78, 5) is 0. The summed E-state index contributed by atoms with van der Waals surface area (Å²) in [5.74, 6) is 0. The molecule has 228 valence electrons. The molecule has 0 rings (SSSR count). The van der Waals surface area contributed by atoms with Crippen molar-refractivity contribution in [1.29, 1.82) is 0 Å². The number of aliphatic hydroxyl groups excluding tert-OH is 2. The summed E-state index contributed by atoms with van der Waals surface area (Å²) in [7, 11) is 0. The van der Waals surface area contributed by atoms with Crippen LogP contribution in [0.5, 0.6) is 0 Å². The first-order valence-electron chi connectivity index (χ1n) is 16.4. The van der Waals surface area contributed by atoms with Gasteiger partial charge >= 0.3 is 0 Å². The number of ether oxygens (including phenoxy) is 3. The first kappa shape index (κ1) is 40.7. The number of unbranched alkanes of at least 4 members (excludes halogenated alkanes) is 20. The zero-order valence-electron chi connectivity index (χ0n) is 25.2. The molecule has 2 N–H and O–H groups in total. The predicted octanol–water partition coefficient (Wildman–Crippen LogP) is 8.38. The summed E-state index contributed by atoms with van der Waals surface area (Å²) in [6.45, 7) is 6.23. The second-order valence-corrected chi connectivity index (χ2v) is 10.8. The molecule has 0 unspecified atom stereocenters. The normalized spacial score (nSPS) is 11.2. The molecule has 0 amide bonds. The molecule has 0 aromatic carbocycles. The fourth-order valence-electron chi connectivity index (χ4n) is 4.58. The molecule has 0 aliphatic heterocycles. The van der Waals surface area contributed by atoms with Crippen LogP contribution in [0.2, 0.25) is 0 Å². The van der Waals surface area contributed by atoms with E-state index in [9.17, 15) is 0 Å². The van der Waals surface area contributed by atoms with Crippen molar-refractivity contribution in [3.63, 3.8) is 0 Å². The molecular formula is C32H66O5Ti. The fourth-order valence-corrected chi connectivity index (χ4v) is 4.58. The van der Waals surface area contributed by atoms with E-state index in [4.69, 9.17) is 24.4 Å². The topological polar surface area (TPSA) is 68.2 Å². The molecule has 0 saturated heterocycles. The molecule has 0 saturated carbocycles. The minimum Gasteiger partial charge on any atom is -0.396 e. The van der Waals surface area contributed by atoms with Crippen molar-refractivity contribution in [1.82, 2.24) is 0 Å². The van der Waals surface area contributed by atoms with Gasteiger partial charge in [-0.3, -0.25) is 0 Å². The van der Waals surface area contributed by atoms with E-state index in [1.165, 1.54) is 128 Å². The van der Waals surface area contributed by atoms with Gasteiger partial charge in [0.2, 0.25) is 0 Å². The largest absolute Gasteiger partial charge is 0.396 e.